The second kappa shape index (κ2) is 4.61. The molecular formula is C13H10N4O3. The van der Waals surface area contributed by atoms with Crippen LogP contribution in [0.3, 0.4) is 0 Å². The van der Waals surface area contributed by atoms with Gasteiger partial charge in [0.1, 0.15) is 5.56 Å². The van der Waals surface area contributed by atoms with Gasteiger partial charge in [0, 0.05) is 5.39 Å². The maximum absolute atomic E-state index is 12.0. The van der Waals surface area contributed by atoms with Crippen molar-refractivity contribution in [3.8, 4) is 17.1 Å². The van der Waals surface area contributed by atoms with E-state index in [1.807, 2.05) is 0 Å². The molecule has 20 heavy (non-hydrogen) atoms. The summed E-state index contributed by atoms with van der Waals surface area (Å²) in [6.07, 6.45) is 0. The van der Waals surface area contributed by atoms with Gasteiger partial charge >= 0.3 is 5.63 Å². The van der Waals surface area contributed by atoms with Crippen molar-refractivity contribution < 1.29 is 9.15 Å². The molecule has 100 valence electrons. The molecule has 2 heterocycles. The van der Waals surface area contributed by atoms with Crippen LogP contribution in [0, 0.1) is 0 Å². The summed E-state index contributed by atoms with van der Waals surface area (Å²) in [5, 5.41) is 14.0. The van der Waals surface area contributed by atoms with Gasteiger partial charge in [-0.25, -0.2) is 4.79 Å². The van der Waals surface area contributed by atoms with Crippen LogP contribution in [0.25, 0.3) is 22.4 Å². The summed E-state index contributed by atoms with van der Waals surface area (Å²) in [6, 6.07) is 6.93. The topological polar surface area (TPSA) is 93.9 Å². The van der Waals surface area contributed by atoms with Crippen LogP contribution < -0.4 is 10.4 Å². The van der Waals surface area contributed by atoms with Crippen molar-refractivity contribution in [2.45, 2.75) is 6.92 Å². The summed E-state index contributed by atoms with van der Waals surface area (Å²) in [7, 11) is 0. The van der Waals surface area contributed by atoms with E-state index in [0.717, 1.165) is 0 Å². The Balaban J connectivity index is 2.23. The average Bonchev–Trinajstić information content (AvgIpc) is 2.92. The maximum atomic E-state index is 12.0. The zero-order valence-corrected chi connectivity index (χ0v) is 10.6. The molecule has 0 atom stereocenters. The molecule has 0 spiro atoms. The number of aromatic nitrogens is 4. The highest BCUT2D eigenvalue weighted by molar-refractivity contribution is 5.85. The summed E-state index contributed by atoms with van der Waals surface area (Å²) in [4.78, 5) is 12.0. The van der Waals surface area contributed by atoms with Crippen molar-refractivity contribution in [3.05, 3.63) is 47.0 Å². The fraction of sp³-hybridized carbons (Fsp3) is 0.0769. The van der Waals surface area contributed by atoms with Crippen molar-refractivity contribution >= 4 is 11.0 Å². The number of H-pyrrole nitrogens is 1. The van der Waals surface area contributed by atoms with E-state index in [9.17, 15) is 4.79 Å². The van der Waals surface area contributed by atoms with Crippen molar-refractivity contribution in [1.29, 1.82) is 0 Å². The molecule has 3 rings (SSSR count). The predicted molar refractivity (Wildman–Crippen MR) is 71.1 cm³/mol. The van der Waals surface area contributed by atoms with Gasteiger partial charge in [-0.2, -0.15) is 5.21 Å². The molecule has 0 saturated carbocycles. The molecule has 0 aliphatic carbocycles. The first kappa shape index (κ1) is 12.1. The standard InChI is InChI=1S/C13H10N4O3/c1-7(2)19-10-5-3-4-8-6-9(12-14-16-17-15-12)13(18)20-11(8)10/h3-6H,1H2,2H3,(H,14,15,16,17). The Morgan fingerprint density at radius 2 is 2.30 bits per heavy atom. The molecule has 3 aromatic rings. The molecule has 7 heteroatoms. The SMILES string of the molecule is C=C(C)Oc1cccc2cc(-c3nn[nH]n3)c(=O)oc12. The second-order valence-electron chi connectivity index (χ2n) is 4.16. The highest BCUT2D eigenvalue weighted by atomic mass is 16.5. The predicted octanol–water partition coefficient (Wildman–Crippen LogP) is 1.89. The van der Waals surface area contributed by atoms with E-state index in [0.29, 0.717) is 22.5 Å². The van der Waals surface area contributed by atoms with E-state index >= 15 is 0 Å². The Kier molecular flexibility index (Phi) is 2.79. The normalized spacial score (nSPS) is 10.7. The molecular weight excluding hydrogens is 260 g/mol. The third kappa shape index (κ3) is 2.05. The van der Waals surface area contributed by atoms with Crippen LogP contribution in [0.4, 0.5) is 0 Å². The van der Waals surface area contributed by atoms with Gasteiger partial charge in [0.2, 0.25) is 5.82 Å². The monoisotopic (exact) mass is 270 g/mol. The highest BCUT2D eigenvalue weighted by Gasteiger charge is 2.14. The van der Waals surface area contributed by atoms with Gasteiger partial charge in [-0.15, -0.1) is 10.2 Å². The average molecular weight is 270 g/mol. The lowest BCUT2D eigenvalue weighted by Crippen LogP contribution is -2.04. The van der Waals surface area contributed by atoms with Crippen LogP contribution in [-0.2, 0) is 0 Å². The number of benzene rings is 1. The van der Waals surface area contributed by atoms with Gasteiger partial charge in [0.25, 0.3) is 0 Å². The molecule has 1 aromatic carbocycles. The van der Waals surface area contributed by atoms with Gasteiger partial charge < -0.3 is 9.15 Å². The number of hydrogen-bond acceptors (Lipinski definition) is 6. The number of nitrogens with one attached hydrogen (secondary N) is 1. The van der Waals surface area contributed by atoms with Gasteiger partial charge in [-0.3, -0.25) is 0 Å². The third-order valence-electron chi connectivity index (χ3n) is 2.59. The number of hydrogen-bond donors (Lipinski definition) is 1. The summed E-state index contributed by atoms with van der Waals surface area (Å²) in [5.74, 6) is 1.13. The lowest BCUT2D eigenvalue weighted by atomic mass is 10.1. The molecule has 1 N–H and O–H groups in total. The smallest absolute Gasteiger partial charge is 0.347 e. The van der Waals surface area contributed by atoms with E-state index < -0.39 is 5.63 Å². The summed E-state index contributed by atoms with van der Waals surface area (Å²) >= 11 is 0. The quantitative estimate of drug-likeness (QED) is 0.577. The van der Waals surface area contributed by atoms with E-state index in [1.54, 1.807) is 31.2 Å². The molecule has 0 aliphatic rings. The summed E-state index contributed by atoms with van der Waals surface area (Å²) in [5.41, 5.74) is 0.0307. The fourth-order valence-electron chi connectivity index (χ4n) is 1.82. The van der Waals surface area contributed by atoms with Gasteiger partial charge in [-0.1, -0.05) is 18.7 Å². The Labute approximate surface area is 112 Å². The summed E-state index contributed by atoms with van der Waals surface area (Å²) < 4.78 is 10.7. The molecule has 0 radical (unpaired) electrons. The Hall–Kier alpha value is -2.96. The first-order valence-electron chi connectivity index (χ1n) is 5.79. The van der Waals surface area contributed by atoms with Crippen LogP contribution >= 0.6 is 0 Å². The first-order chi connectivity index (χ1) is 9.65. The molecule has 0 aliphatic heterocycles. The van der Waals surface area contributed by atoms with E-state index in [1.165, 1.54) is 0 Å². The minimum Gasteiger partial charge on any atom is -0.459 e. The number of aromatic amines is 1. The van der Waals surface area contributed by atoms with Gasteiger partial charge in [0.05, 0.1) is 5.76 Å². The number of tetrazole rings is 1. The number of ether oxygens (including phenoxy) is 1. The van der Waals surface area contributed by atoms with Crippen molar-refractivity contribution in [1.82, 2.24) is 20.6 Å². The number of nitrogens with zero attached hydrogens (tertiary/aromatic N) is 3. The Morgan fingerprint density at radius 1 is 1.45 bits per heavy atom. The molecule has 7 nitrogen and oxygen atoms in total. The first-order valence-corrected chi connectivity index (χ1v) is 5.79. The maximum Gasteiger partial charge on any atom is 0.347 e. The molecule has 0 bridgehead atoms. The Bertz CT molecular complexity index is 836. The highest BCUT2D eigenvalue weighted by Crippen LogP contribution is 2.27. The minimum atomic E-state index is -0.559. The van der Waals surface area contributed by atoms with Crippen molar-refractivity contribution in [3.63, 3.8) is 0 Å². The molecule has 2 aromatic heterocycles. The van der Waals surface area contributed by atoms with Crippen molar-refractivity contribution in [2.24, 2.45) is 0 Å². The molecule has 0 saturated heterocycles. The number of rotatable bonds is 3. The minimum absolute atomic E-state index is 0.187. The van der Waals surface area contributed by atoms with E-state index in [4.69, 9.17) is 9.15 Å². The summed E-state index contributed by atoms with van der Waals surface area (Å²) in [6.45, 7) is 5.38. The second-order valence-corrected chi connectivity index (χ2v) is 4.16. The zero-order valence-electron chi connectivity index (χ0n) is 10.6. The van der Waals surface area contributed by atoms with Crippen LogP contribution in [-0.4, -0.2) is 20.6 Å². The molecule has 0 amide bonds. The fourth-order valence-corrected chi connectivity index (χ4v) is 1.82. The molecule has 0 fully saturated rings. The number of fused-ring (bicyclic) bond motifs is 1. The van der Waals surface area contributed by atoms with Crippen LogP contribution in [0.1, 0.15) is 6.92 Å². The Morgan fingerprint density at radius 3 is 3.00 bits per heavy atom. The van der Waals surface area contributed by atoms with Gasteiger partial charge in [0.15, 0.2) is 11.3 Å². The van der Waals surface area contributed by atoms with E-state index in [2.05, 4.69) is 27.2 Å². The van der Waals surface area contributed by atoms with E-state index in [-0.39, 0.29) is 11.4 Å². The largest absolute Gasteiger partial charge is 0.459 e. The molecule has 0 unspecified atom stereocenters. The number of allylic oxidation sites excluding steroid dienone is 1. The van der Waals surface area contributed by atoms with Crippen LogP contribution in [0.15, 0.2) is 45.8 Å². The lowest BCUT2D eigenvalue weighted by molar-refractivity contribution is 0.421. The van der Waals surface area contributed by atoms with Crippen molar-refractivity contribution in [2.75, 3.05) is 0 Å². The zero-order chi connectivity index (χ0) is 14.1. The number of para-hydroxylation sites is 1. The van der Waals surface area contributed by atoms with Gasteiger partial charge in [-0.05, 0) is 24.3 Å². The lowest BCUT2D eigenvalue weighted by Gasteiger charge is -2.07. The van der Waals surface area contributed by atoms with Crippen LogP contribution in [0.5, 0.6) is 5.75 Å². The third-order valence-corrected chi connectivity index (χ3v) is 2.59. The van der Waals surface area contributed by atoms with Crippen LogP contribution in [0.2, 0.25) is 0 Å².